The predicted octanol–water partition coefficient (Wildman–Crippen LogP) is 12.3. The predicted molar refractivity (Wildman–Crippen MR) is 198 cm³/mol. The van der Waals surface area contributed by atoms with Gasteiger partial charge in [-0.05, 0) is 38.5 Å². The van der Waals surface area contributed by atoms with Crippen LogP contribution in [0, 0.1) is 0 Å². The minimum atomic E-state index is -0.656. The number of rotatable bonds is 37. The third-order valence-electron chi connectivity index (χ3n) is 9.53. The molecule has 0 aromatic rings. The summed E-state index contributed by atoms with van der Waals surface area (Å²) >= 11 is 0. The number of amides is 1. The number of carbonyl (C=O) groups is 1. The molecule has 0 aromatic heterocycles. The van der Waals surface area contributed by atoms with Crippen LogP contribution in [0.15, 0.2) is 12.2 Å². The maximum Gasteiger partial charge on any atom is 0.220 e. The van der Waals surface area contributed by atoms with Crippen LogP contribution in [-0.4, -0.2) is 34.9 Å². The van der Waals surface area contributed by atoms with Crippen molar-refractivity contribution in [3.05, 3.63) is 12.2 Å². The smallest absolute Gasteiger partial charge is 0.220 e. The van der Waals surface area contributed by atoms with Gasteiger partial charge in [-0.3, -0.25) is 4.79 Å². The molecule has 4 nitrogen and oxygen atoms in total. The van der Waals surface area contributed by atoms with Gasteiger partial charge in [-0.25, -0.2) is 0 Å². The van der Waals surface area contributed by atoms with Crippen LogP contribution in [0.2, 0.25) is 0 Å². The Balaban J connectivity index is 3.52. The molecule has 0 saturated carbocycles. The highest BCUT2D eigenvalue weighted by Crippen LogP contribution is 2.15. The minimum absolute atomic E-state index is 0.0346. The standard InChI is InChI=1S/C41H81NO3/c1-3-5-7-9-11-13-15-17-18-19-20-21-22-23-25-27-29-31-33-35-37-41(45)42-39(38-43)40(44)36-34-32-30-28-26-24-16-14-12-10-8-6-4-2/h20-21,39-40,43-44H,3-19,22-38H2,1-2H3,(H,42,45)/b21-20-. The molecule has 0 spiro atoms. The summed E-state index contributed by atoms with van der Waals surface area (Å²) in [5, 5.41) is 23.1. The van der Waals surface area contributed by atoms with Crippen molar-refractivity contribution in [2.45, 2.75) is 238 Å². The summed E-state index contributed by atoms with van der Waals surface area (Å²) < 4.78 is 0. The third kappa shape index (κ3) is 34.3. The normalized spacial score (nSPS) is 13.1. The van der Waals surface area contributed by atoms with Crippen LogP contribution in [0.4, 0.5) is 0 Å². The average molecular weight is 636 g/mol. The molecule has 0 heterocycles. The van der Waals surface area contributed by atoms with E-state index in [1.807, 2.05) is 0 Å². The summed E-state index contributed by atoms with van der Waals surface area (Å²) in [6.07, 6.45) is 45.6. The summed E-state index contributed by atoms with van der Waals surface area (Å²) in [7, 11) is 0. The van der Waals surface area contributed by atoms with E-state index in [0.29, 0.717) is 12.8 Å². The zero-order valence-electron chi connectivity index (χ0n) is 30.7. The number of unbranched alkanes of at least 4 members (excludes halogenated alkanes) is 28. The van der Waals surface area contributed by atoms with Gasteiger partial charge in [-0.2, -0.15) is 0 Å². The average Bonchev–Trinajstić information content (AvgIpc) is 3.04. The molecule has 268 valence electrons. The molecule has 0 aliphatic carbocycles. The second kappa shape index (κ2) is 37.6. The Morgan fingerprint density at radius 3 is 1.22 bits per heavy atom. The summed E-state index contributed by atoms with van der Waals surface area (Å²) in [6.45, 7) is 4.36. The summed E-state index contributed by atoms with van der Waals surface area (Å²) in [5.41, 5.74) is 0. The fourth-order valence-electron chi connectivity index (χ4n) is 6.36. The Morgan fingerprint density at radius 1 is 0.511 bits per heavy atom. The monoisotopic (exact) mass is 636 g/mol. The minimum Gasteiger partial charge on any atom is -0.394 e. The quantitative estimate of drug-likeness (QED) is 0.0470. The third-order valence-corrected chi connectivity index (χ3v) is 9.53. The van der Waals surface area contributed by atoms with E-state index in [1.165, 1.54) is 173 Å². The highest BCUT2D eigenvalue weighted by atomic mass is 16.3. The van der Waals surface area contributed by atoms with Crippen molar-refractivity contribution in [1.29, 1.82) is 0 Å². The fourth-order valence-corrected chi connectivity index (χ4v) is 6.36. The molecule has 0 rings (SSSR count). The van der Waals surface area contributed by atoms with E-state index >= 15 is 0 Å². The van der Waals surface area contributed by atoms with Crippen molar-refractivity contribution >= 4 is 5.91 Å². The summed E-state index contributed by atoms with van der Waals surface area (Å²) in [5.74, 6) is -0.0346. The first-order chi connectivity index (χ1) is 22.2. The van der Waals surface area contributed by atoms with Gasteiger partial charge in [0.05, 0.1) is 18.8 Å². The first-order valence-electron chi connectivity index (χ1n) is 20.4. The second-order valence-electron chi connectivity index (χ2n) is 14.1. The van der Waals surface area contributed by atoms with E-state index in [9.17, 15) is 15.0 Å². The lowest BCUT2D eigenvalue weighted by molar-refractivity contribution is -0.123. The van der Waals surface area contributed by atoms with Gasteiger partial charge in [0.1, 0.15) is 0 Å². The van der Waals surface area contributed by atoms with Crippen LogP contribution in [-0.2, 0) is 4.79 Å². The molecule has 0 fully saturated rings. The Kier molecular flexibility index (Phi) is 36.9. The lowest BCUT2D eigenvalue weighted by Crippen LogP contribution is -2.45. The van der Waals surface area contributed by atoms with E-state index in [0.717, 1.165) is 25.7 Å². The molecule has 0 aromatic carbocycles. The number of nitrogens with one attached hydrogen (secondary N) is 1. The van der Waals surface area contributed by atoms with Crippen LogP contribution in [0.5, 0.6) is 0 Å². The Morgan fingerprint density at radius 2 is 0.844 bits per heavy atom. The number of allylic oxidation sites excluding steroid dienone is 2. The molecular weight excluding hydrogens is 554 g/mol. The van der Waals surface area contributed by atoms with E-state index in [1.54, 1.807) is 0 Å². The van der Waals surface area contributed by atoms with Gasteiger partial charge in [-0.15, -0.1) is 0 Å². The number of carbonyl (C=O) groups excluding carboxylic acids is 1. The molecule has 1 amide bonds. The van der Waals surface area contributed by atoms with Crippen LogP contribution < -0.4 is 5.32 Å². The molecule has 0 saturated heterocycles. The Bertz CT molecular complexity index is 608. The van der Waals surface area contributed by atoms with Crippen LogP contribution in [0.25, 0.3) is 0 Å². The topological polar surface area (TPSA) is 69.6 Å². The second-order valence-corrected chi connectivity index (χ2v) is 14.1. The summed E-state index contributed by atoms with van der Waals surface area (Å²) in [4.78, 5) is 12.4. The zero-order chi connectivity index (χ0) is 32.9. The van der Waals surface area contributed by atoms with E-state index in [-0.39, 0.29) is 12.5 Å². The molecular formula is C41H81NO3. The molecule has 0 aliphatic rings. The van der Waals surface area contributed by atoms with Crippen molar-refractivity contribution in [1.82, 2.24) is 5.32 Å². The lowest BCUT2D eigenvalue weighted by Gasteiger charge is -2.22. The highest BCUT2D eigenvalue weighted by molar-refractivity contribution is 5.76. The van der Waals surface area contributed by atoms with Crippen LogP contribution >= 0.6 is 0 Å². The molecule has 0 radical (unpaired) electrons. The molecule has 2 atom stereocenters. The van der Waals surface area contributed by atoms with Gasteiger partial charge in [0.15, 0.2) is 0 Å². The largest absolute Gasteiger partial charge is 0.394 e. The Labute approximate surface area is 282 Å². The van der Waals surface area contributed by atoms with E-state index in [2.05, 4.69) is 31.3 Å². The van der Waals surface area contributed by atoms with Gasteiger partial charge in [0.2, 0.25) is 5.91 Å². The number of hydrogen-bond acceptors (Lipinski definition) is 3. The first-order valence-corrected chi connectivity index (χ1v) is 20.4. The maximum absolute atomic E-state index is 12.4. The summed E-state index contributed by atoms with van der Waals surface area (Å²) in [6, 6.07) is -0.533. The van der Waals surface area contributed by atoms with Crippen LogP contribution in [0.1, 0.15) is 226 Å². The first kappa shape index (κ1) is 44.1. The van der Waals surface area contributed by atoms with Crippen LogP contribution in [0.3, 0.4) is 0 Å². The van der Waals surface area contributed by atoms with Gasteiger partial charge < -0.3 is 15.5 Å². The molecule has 4 heteroatoms. The Hall–Kier alpha value is -0.870. The molecule has 3 N–H and O–H groups in total. The number of hydrogen-bond donors (Lipinski definition) is 3. The van der Waals surface area contributed by atoms with Gasteiger partial charge in [0, 0.05) is 6.42 Å². The van der Waals surface area contributed by atoms with E-state index < -0.39 is 12.1 Å². The molecule has 45 heavy (non-hydrogen) atoms. The van der Waals surface area contributed by atoms with Crippen molar-refractivity contribution in [3.63, 3.8) is 0 Å². The number of aliphatic hydroxyl groups excluding tert-OH is 2. The SMILES string of the molecule is CCCCCCCCCCC/C=C\CCCCCCCCCC(=O)NC(CO)C(O)CCCCCCCCCCCCCCC. The van der Waals surface area contributed by atoms with Gasteiger partial charge in [-0.1, -0.05) is 193 Å². The van der Waals surface area contributed by atoms with Crippen molar-refractivity contribution in [3.8, 4) is 0 Å². The number of aliphatic hydroxyl groups is 2. The van der Waals surface area contributed by atoms with Gasteiger partial charge in [0.25, 0.3) is 0 Å². The van der Waals surface area contributed by atoms with Crippen molar-refractivity contribution < 1.29 is 15.0 Å². The van der Waals surface area contributed by atoms with E-state index in [4.69, 9.17) is 0 Å². The molecule has 0 aliphatic heterocycles. The fraction of sp³-hybridized carbons (Fsp3) is 0.927. The molecule has 0 bridgehead atoms. The van der Waals surface area contributed by atoms with Crippen molar-refractivity contribution in [2.24, 2.45) is 0 Å². The van der Waals surface area contributed by atoms with Gasteiger partial charge >= 0.3 is 0 Å². The zero-order valence-corrected chi connectivity index (χ0v) is 30.7. The lowest BCUT2D eigenvalue weighted by atomic mass is 10.0. The maximum atomic E-state index is 12.4. The highest BCUT2D eigenvalue weighted by Gasteiger charge is 2.19. The molecule has 2 unspecified atom stereocenters. The van der Waals surface area contributed by atoms with Crippen molar-refractivity contribution in [2.75, 3.05) is 6.61 Å².